The number of nitrogens with one attached hydrogen (secondary N) is 1. The molecule has 102 valence electrons. The van der Waals surface area contributed by atoms with Gasteiger partial charge < -0.3 is 10.1 Å². The summed E-state index contributed by atoms with van der Waals surface area (Å²) in [5, 5.41) is 11.2. The number of halogens is 1. The van der Waals surface area contributed by atoms with Crippen molar-refractivity contribution in [3.8, 4) is 5.69 Å². The predicted octanol–water partition coefficient (Wildman–Crippen LogP) is 1.45. The molecule has 1 heterocycles. The Morgan fingerprint density at radius 1 is 1.42 bits per heavy atom. The lowest BCUT2D eigenvalue weighted by molar-refractivity contribution is 0.199. The maximum atomic E-state index is 13.5. The van der Waals surface area contributed by atoms with E-state index in [4.69, 9.17) is 4.74 Å². The van der Waals surface area contributed by atoms with Gasteiger partial charge in [-0.2, -0.15) is 0 Å². The summed E-state index contributed by atoms with van der Waals surface area (Å²) in [6.07, 6.45) is 1.79. The van der Waals surface area contributed by atoms with Gasteiger partial charge in [0, 0.05) is 25.8 Å². The second kappa shape index (κ2) is 6.40. The lowest BCUT2D eigenvalue weighted by Gasteiger charge is -2.05. The first-order valence-electron chi connectivity index (χ1n) is 6.08. The van der Waals surface area contributed by atoms with Gasteiger partial charge in [-0.15, -0.1) is 5.10 Å². The average molecular weight is 264 g/mol. The molecule has 0 spiro atoms. The van der Waals surface area contributed by atoms with Crippen LogP contribution in [0.15, 0.2) is 24.4 Å². The quantitative estimate of drug-likeness (QED) is 0.802. The van der Waals surface area contributed by atoms with Crippen molar-refractivity contribution in [2.45, 2.75) is 13.5 Å². The summed E-state index contributed by atoms with van der Waals surface area (Å²) in [6, 6.07) is 4.91. The van der Waals surface area contributed by atoms with E-state index >= 15 is 0 Å². The second-order valence-corrected chi connectivity index (χ2v) is 4.21. The molecule has 0 saturated heterocycles. The molecule has 2 rings (SSSR count). The van der Waals surface area contributed by atoms with Gasteiger partial charge in [-0.1, -0.05) is 11.3 Å². The van der Waals surface area contributed by atoms with E-state index in [-0.39, 0.29) is 5.82 Å². The highest BCUT2D eigenvalue weighted by atomic mass is 19.1. The summed E-state index contributed by atoms with van der Waals surface area (Å²) >= 11 is 0. The molecule has 0 bridgehead atoms. The molecular weight excluding hydrogens is 247 g/mol. The van der Waals surface area contributed by atoms with E-state index in [1.165, 1.54) is 6.07 Å². The number of hydrogen-bond acceptors (Lipinski definition) is 4. The van der Waals surface area contributed by atoms with Crippen molar-refractivity contribution < 1.29 is 9.13 Å². The van der Waals surface area contributed by atoms with Gasteiger partial charge in [0.1, 0.15) is 5.82 Å². The Bertz CT molecular complexity index is 541. The molecule has 0 aliphatic rings. The predicted molar refractivity (Wildman–Crippen MR) is 69.6 cm³/mol. The van der Waals surface area contributed by atoms with Gasteiger partial charge >= 0.3 is 0 Å². The summed E-state index contributed by atoms with van der Waals surface area (Å²) < 4.78 is 20.0. The van der Waals surface area contributed by atoms with Crippen molar-refractivity contribution in [2.75, 3.05) is 20.3 Å². The molecule has 0 saturated carbocycles. The fourth-order valence-electron chi connectivity index (χ4n) is 1.73. The highest BCUT2D eigenvalue weighted by molar-refractivity contribution is 5.40. The van der Waals surface area contributed by atoms with Crippen molar-refractivity contribution in [3.05, 3.63) is 41.5 Å². The van der Waals surface area contributed by atoms with Crippen molar-refractivity contribution in [2.24, 2.45) is 0 Å². The van der Waals surface area contributed by atoms with Crippen LogP contribution in [0.25, 0.3) is 5.69 Å². The van der Waals surface area contributed by atoms with E-state index in [1.807, 2.05) is 6.07 Å². The lowest BCUT2D eigenvalue weighted by Crippen LogP contribution is -2.18. The zero-order chi connectivity index (χ0) is 13.7. The standard InChI is InChI=1S/C13H17FN4O/c1-10-12(14)4-3-5-13(10)18-9-11(16-17-18)8-15-6-7-19-2/h3-5,9,15H,6-8H2,1-2H3. The molecule has 5 nitrogen and oxygen atoms in total. The van der Waals surface area contributed by atoms with E-state index in [0.29, 0.717) is 24.4 Å². The molecule has 6 heteroatoms. The summed E-state index contributed by atoms with van der Waals surface area (Å²) in [5.41, 5.74) is 2.07. The highest BCUT2D eigenvalue weighted by Gasteiger charge is 2.07. The normalized spacial score (nSPS) is 10.9. The maximum Gasteiger partial charge on any atom is 0.128 e. The molecule has 1 aromatic heterocycles. The van der Waals surface area contributed by atoms with Crippen LogP contribution >= 0.6 is 0 Å². The minimum atomic E-state index is -0.243. The summed E-state index contributed by atoms with van der Waals surface area (Å²) in [7, 11) is 1.66. The Morgan fingerprint density at radius 2 is 2.26 bits per heavy atom. The van der Waals surface area contributed by atoms with Gasteiger partial charge in [0.05, 0.1) is 24.2 Å². The molecular formula is C13H17FN4O. The van der Waals surface area contributed by atoms with Crippen LogP contribution in [0.4, 0.5) is 4.39 Å². The number of rotatable bonds is 6. The number of ether oxygens (including phenoxy) is 1. The van der Waals surface area contributed by atoms with Crippen molar-refractivity contribution in [3.63, 3.8) is 0 Å². The van der Waals surface area contributed by atoms with Gasteiger partial charge in [0.15, 0.2) is 0 Å². The minimum absolute atomic E-state index is 0.243. The van der Waals surface area contributed by atoms with Gasteiger partial charge in [-0.25, -0.2) is 9.07 Å². The third-order valence-electron chi connectivity index (χ3n) is 2.82. The third-order valence-corrected chi connectivity index (χ3v) is 2.82. The van der Waals surface area contributed by atoms with E-state index in [1.54, 1.807) is 31.0 Å². The zero-order valence-corrected chi connectivity index (χ0v) is 11.1. The minimum Gasteiger partial charge on any atom is -0.383 e. The summed E-state index contributed by atoms with van der Waals surface area (Å²) in [5.74, 6) is -0.243. The fraction of sp³-hybridized carbons (Fsp3) is 0.385. The van der Waals surface area contributed by atoms with Crippen LogP contribution in [0.5, 0.6) is 0 Å². The Kier molecular flexibility index (Phi) is 4.59. The second-order valence-electron chi connectivity index (χ2n) is 4.21. The van der Waals surface area contributed by atoms with E-state index in [2.05, 4.69) is 15.6 Å². The molecule has 1 N–H and O–H groups in total. The van der Waals surface area contributed by atoms with Crippen LogP contribution in [-0.2, 0) is 11.3 Å². The van der Waals surface area contributed by atoms with E-state index in [9.17, 15) is 4.39 Å². The van der Waals surface area contributed by atoms with Crippen LogP contribution in [0.1, 0.15) is 11.3 Å². The van der Waals surface area contributed by atoms with Gasteiger partial charge in [-0.05, 0) is 19.1 Å². The number of methoxy groups -OCH3 is 1. The van der Waals surface area contributed by atoms with Crippen LogP contribution in [0.3, 0.4) is 0 Å². The number of nitrogens with zero attached hydrogens (tertiary/aromatic N) is 3. The molecule has 2 aromatic rings. The van der Waals surface area contributed by atoms with Crippen LogP contribution in [-0.4, -0.2) is 35.3 Å². The Morgan fingerprint density at radius 3 is 3.05 bits per heavy atom. The molecule has 0 unspecified atom stereocenters. The topological polar surface area (TPSA) is 52.0 Å². The van der Waals surface area contributed by atoms with Gasteiger partial charge in [0.2, 0.25) is 0 Å². The van der Waals surface area contributed by atoms with Crippen molar-refractivity contribution >= 4 is 0 Å². The monoisotopic (exact) mass is 264 g/mol. The number of benzene rings is 1. The molecule has 0 atom stereocenters. The smallest absolute Gasteiger partial charge is 0.128 e. The number of hydrogen-bond donors (Lipinski definition) is 1. The largest absolute Gasteiger partial charge is 0.383 e. The van der Waals surface area contributed by atoms with Crippen LogP contribution in [0.2, 0.25) is 0 Å². The SMILES string of the molecule is COCCNCc1cn(-c2cccc(F)c2C)nn1. The zero-order valence-electron chi connectivity index (χ0n) is 11.1. The first-order chi connectivity index (χ1) is 9.22. The third kappa shape index (κ3) is 3.36. The summed E-state index contributed by atoms with van der Waals surface area (Å²) in [6.45, 7) is 3.74. The van der Waals surface area contributed by atoms with E-state index < -0.39 is 0 Å². The Balaban J connectivity index is 2.06. The molecule has 0 amide bonds. The molecule has 19 heavy (non-hydrogen) atoms. The fourth-order valence-corrected chi connectivity index (χ4v) is 1.73. The van der Waals surface area contributed by atoms with Gasteiger partial charge in [-0.3, -0.25) is 0 Å². The molecule has 0 fully saturated rings. The maximum absolute atomic E-state index is 13.5. The molecule has 0 radical (unpaired) electrons. The van der Waals surface area contributed by atoms with Gasteiger partial charge in [0.25, 0.3) is 0 Å². The van der Waals surface area contributed by atoms with E-state index in [0.717, 1.165) is 12.2 Å². The van der Waals surface area contributed by atoms with Crippen LogP contribution < -0.4 is 5.32 Å². The average Bonchev–Trinajstić information content (AvgIpc) is 2.87. The summed E-state index contributed by atoms with van der Waals surface area (Å²) in [4.78, 5) is 0. The molecule has 1 aromatic carbocycles. The Hall–Kier alpha value is -1.79. The van der Waals surface area contributed by atoms with Crippen molar-refractivity contribution in [1.29, 1.82) is 0 Å². The first kappa shape index (κ1) is 13.6. The highest BCUT2D eigenvalue weighted by Crippen LogP contribution is 2.15. The molecule has 0 aliphatic heterocycles. The van der Waals surface area contributed by atoms with Crippen molar-refractivity contribution in [1.82, 2.24) is 20.3 Å². The number of aromatic nitrogens is 3. The first-order valence-corrected chi connectivity index (χ1v) is 6.08. The van der Waals surface area contributed by atoms with Crippen LogP contribution in [0, 0.1) is 12.7 Å². The lowest BCUT2D eigenvalue weighted by atomic mass is 10.2. The Labute approximate surface area is 111 Å². The molecule has 0 aliphatic carbocycles.